The maximum Gasteiger partial charge on any atom is 0.231 e. The van der Waals surface area contributed by atoms with Gasteiger partial charge in [-0.1, -0.05) is 23.9 Å². The SMILES string of the molecule is O=S1(=O)C[C@@H]2N=C(SCc3ccc(F)cc3)N(c3ccc4c(c3)OCO4)[C@H]2C1. The first-order valence-corrected chi connectivity index (χ1v) is 11.6. The lowest BCUT2D eigenvalue weighted by Crippen LogP contribution is -2.39. The summed E-state index contributed by atoms with van der Waals surface area (Å²) >= 11 is 1.52. The summed E-state index contributed by atoms with van der Waals surface area (Å²) in [6, 6.07) is 11.5. The average molecular weight is 420 g/mol. The van der Waals surface area contributed by atoms with Gasteiger partial charge in [-0.05, 0) is 29.8 Å². The lowest BCUT2D eigenvalue weighted by atomic mass is 10.1. The minimum absolute atomic E-state index is 0.0688. The monoisotopic (exact) mass is 420 g/mol. The molecule has 3 aliphatic rings. The molecule has 0 unspecified atom stereocenters. The molecular weight excluding hydrogens is 403 g/mol. The molecular formula is C19H17FN2O4S2. The van der Waals surface area contributed by atoms with E-state index in [1.807, 2.05) is 23.1 Å². The van der Waals surface area contributed by atoms with Crippen molar-refractivity contribution in [3.63, 3.8) is 0 Å². The summed E-state index contributed by atoms with van der Waals surface area (Å²) in [7, 11) is -3.11. The summed E-state index contributed by atoms with van der Waals surface area (Å²) in [5, 5.41) is 0.771. The molecule has 6 nitrogen and oxygen atoms in total. The maximum absolute atomic E-state index is 13.1. The van der Waals surface area contributed by atoms with Crippen LogP contribution in [0.4, 0.5) is 10.1 Å². The molecule has 3 heterocycles. The Balaban J connectivity index is 1.44. The second-order valence-corrected chi connectivity index (χ2v) is 10.0. The van der Waals surface area contributed by atoms with Crippen LogP contribution in [-0.4, -0.2) is 44.0 Å². The van der Waals surface area contributed by atoms with Crippen molar-refractivity contribution >= 4 is 32.5 Å². The number of fused-ring (bicyclic) bond motifs is 2. The van der Waals surface area contributed by atoms with Crippen molar-refractivity contribution in [2.45, 2.75) is 17.8 Å². The molecule has 0 radical (unpaired) electrons. The zero-order valence-electron chi connectivity index (χ0n) is 14.7. The predicted molar refractivity (Wildman–Crippen MR) is 106 cm³/mol. The van der Waals surface area contributed by atoms with Crippen LogP contribution >= 0.6 is 11.8 Å². The van der Waals surface area contributed by atoms with Gasteiger partial charge in [0, 0.05) is 17.5 Å². The number of hydrogen-bond acceptors (Lipinski definition) is 7. The van der Waals surface area contributed by atoms with Crippen LogP contribution < -0.4 is 14.4 Å². The van der Waals surface area contributed by atoms with Gasteiger partial charge in [-0.3, -0.25) is 4.99 Å². The van der Waals surface area contributed by atoms with E-state index in [4.69, 9.17) is 14.5 Å². The van der Waals surface area contributed by atoms with E-state index in [-0.39, 0.29) is 36.2 Å². The molecule has 1 fully saturated rings. The summed E-state index contributed by atoms with van der Waals surface area (Å²) in [6.45, 7) is 0.180. The largest absolute Gasteiger partial charge is 0.454 e. The molecule has 2 aromatic rings. The number of nitrogens with zero attached hydrogens (tertiary/aromatic N) is 2. The Morgan fingerprint density at radius 2 is 1.89 bits per heavy atom. The Kier molecular flexibility index (Phi) is 4.24. The lowest BCUT2D eigenvalue weighted by molar-refractivity contribution is 0.174. The van der Waals surface area contributed by atoms with Gasteiger partial charge in [-0.2, -0.15) is 0 Å². The van der Waals surface area contributed by atoms with Crippen LogP contribution in [0.1, 0.15) is 5.56 Å². The van der Waals surface area contributed by atoms with Crippen LogP contribution in [0.5, 0.6) is 11.5 Å². The van der Waals surface area contributed by atoms with E-state index in [0.29, 0.717) is 17.3 Å². The topological polar surface area (TPSA) is 68.2 Å². The van der Waals surface area contributed by atoms with Crippen LogP contribution in [0.25, 0.3) is 0 Å². The second kappa shape index (κ2) is 6.66. The van der Waals surface area contributed by atoms with Gasteiger partial charge in [-0.25, -0.2) is 12.8 Å². The highest BCUT2D eigenvalue weighted by atomic mass is 32.2. The van der Waals surface area contributed by atoms with E-state index in [1.165, 1.54) is 23.9 Å². The van der Waals surface area contributed by atoms with E-state index in [2.05, 4.69) is 0 Å². The number of anilines is 1. The number of hydrogen-bond donors (Lipinski definition) is 0. The Hall–Kier alpha value is -2.26. The van der Waals surface area contributed by atoms with E-state index in [0.717, 1.165) is 16.4 Å². The molecule has 0 bridgehead atoms. The standard InChI is InChI=1S/C19H17FN2O4S2/c20-13-3-1-12(2-4-13)8-27-19-21-15-9-28(23,24)10-16(15)22(19)14-5-6-17-18(7-14)26-11-25-17/h1-7,15-16H,8-11H2/t15-,16-/m0/s1. The highest BCUT2D eigenvalue weighted by molar-refractivity contribution is 8.13. The molecule has 0 spiro atoms. The minimum atomic E-state index is -3.11. The number of thioether (sulfide) groups is 1. The summed E-state index contributed by atoms with van der Waals surface area (Å²) in [5.41, 5.74) is 1.81. The number of sulfone groups is 1. The quantitative estimate of drug-likeness (QED) is 0.761. The Labute approximate surface area is 166 Å². The van der Waals surface area contributed by atoms with Crippen molar-refractivity contribution in [1.82, 2.24) is 0 Å². The molecule has 5 rings (SSSR count). The molecule has 0 aliphatic carbocycles. The Bertz CT molecular complexity index is 1060. The molecule has 0 amide bonds. The first kappa shape index (κ1) is 17.8. The molecule has 146 valence electrons. The zero-order valence-corrected chi connectivity index (χ0v) is 16.4. The molecule has 2 atom stereocenters. The van der Waals surface area contributed by atoms with Crippen LogP contribution in [0.3, 0.4) is 0 Å². The smallest absolute Gasteiger partial charge is 0.231 e. The third-order valence-electron chi connectivity index (χ3n) is 5.02. The van der Waals surface area contributed by atoms with E-state index >= 15 is 0 Å². The van der Waals surface area contributed by atoms with Gasteiger partial charge in [0.05, 0.1) is 23.6 Å². The number of amidine groups is 1. The number of ether oxygens (including phenoxy) is 2. The van der Waals surface area contributed by atoms with Crippen molar-refractivity contribution in [2.24, 2.45) is 4.99 Å². The Morgan fingerprint density at radius 1 is 1.11 bits per heavy atom. The van der Waals surface area contributed by atoms with Gasteiger partial charge in [0.15, 0.2) is 26.5 Å². The molecule has 0 saturated carbocycles. The number of aliphatic imine (C=N–C) groups is 1. The molecule has 28 heavy (non-hydrogen) atoms. The summed E-state index contributed by atoms with van der Waals surface area (Å²) < 4.78 is 48.3. The summed E-state index contributed by atoms with van der Waals surface area (Å²) in [6.07, 6.45) is 0. The first-order valence-electron chi connectivity index (χ1n) is 8.83. The van der Waals surface area contributed by atoms with Gasteiger partial charge in [0.1, 0.15) is 5.82 Å². The van der Waals surface area contributed by atoms with Crippen LogP contribution in [0, 0.1) is 5.82 Å². The molecule has 0 N–H and O–H groups in total. The van der Waals surface area contributed by atoms with Crippen molar-refractivity contribution in [3.8, 4) is 11.5 Å². The molecule has 9 heteroatoms. The molecule has 0 aromatic heterocycles. The highest BCUT2D eigenvalue weighted by Crippen LogP contribution is 2.40. The molecule has 1 saturated heterocycles. The van der Waals surface area contributed by atoms with Gasteiger partial charge < -0.3 is 14.4 Å². The fraction of sp³-hybridized carbons (Fsp3) is 0.316. The van der Waals surface area contributed by atoms with Gasteiger partial charge >= 0.3 is 0 Å². The third kappa shape index (κ3) is 3.22. The maximum atomic E-state index is 13.1. The number of rotatable bonds is 3. The minimum Gasteiger partial charge on any atom is -0.454 e. The lowest BCUT2D eigenvalue weighted by Gasteiger charge is -2.26. The van der Waals surface area contributed by atoms with Crippen molar-refractivity contribution in [3.05, 3.63) is 53.8 Å². The Morgan fingerprint density at radius 3 is 2.71 bits per heavy atom. The van der Waals surface area contributed by atoms with Crippen LogP contribution in [0.2, 0.25) is 0 Å². The second-order valence-electron chi connectivity index (χ2n) is 6.95. The van der Waals surface area contributed by atoms with Crippen molar-refractivity contribution < 1.29 is 22.3 Å². The van der Waals surface area contributed by atoms with E-state index in [9.17, 15) is 12.8 Å². The van der Waals surface area contributed by atoms with Gasteiger partial charge in [0.25, 0.3) is 0 Å². The normalized spacial score (nSPS) is 24.3. The van der Waals surface area contributed by atoms with Crippen molar-refractivity contribution in [2.75, 3.05) is 23.2 Å². The van der Waals surface area contributed by atoms with E-state index in [1.54, 1.807) is 12.1 Å². The fourth-order valence-electron chi connectivity index (χ4n) is 3.70. The zero-order chi connectivity index (χ0) is 19.3. The average Bonchev–Trinajstić information content (AvgIpc) is 3.32. The van der Waals surface area contributed by atoms with Gasteiger partial charge in [0.2, 0.25) is 6.79 Å². The predicted octanol–water partition coefficient (Wildman–Crippen LogP) is 2.83. The number of halogens is 1. The molecule has 3 aliphatic heterocycles. The van der Waals surface area contributed by atoms with Crippen LogP contribution in [-0.2, 0) is 15.6 Å². The number of benzene rings is 2. The summed E-state index contributed by atoms with van der Waals surface area (Å²) in [5.74, 6) is 1.82. The highest BCUT2D eigenvalue weighted by Gasteiger charge is 2.47. The van der Waals surface area contributed by atoms with Gasteiger partial charge in [-0.15, -0.1) is 0 Å². The summed E-state index contributed by atoms with van der Waals surface area (Å²) in [4.78, 5) is 6.70. The fourth-order valence-corrected chi connectivity index (χ4v) is 6.62. The van der Waals surface area contributed by atoms with Crippen molar-refractivity contribution in [1.29, 1.82) is 0 Å². The van der Waals surface area contributed by atoms with E-state index < -0.39 is 9.84 Å². The van der Waals surface area contributed by atoms with Crippen LogP contribution in [0.15, 0.2) is 47.5 Å². The first-order chi connectivity index (χ1) is 13.5. The molecule has 2 aromatic carbocycles. The third-order valence-corrected chi connectivity index (χ3v) is 7.76.